The number of hydrogen-bond donors (Lipinski definition) is 3. The van der Waals surface area contributed by atoms with E-state index in [0.29, 0.717) is 29.8 Å². The van der Waals surface area contributed by atoms with Gasteiger partial charge in [0, 0.05) is 23.5 Å². The summed E-state index contributed by atoms with van der Waals surface area (Å²) < 4.78 is 4.91. The van der Waals surface area contributed by atoms with E-state index in [1.54, 1.807) is 6.92 Å². The maximum atomic E-state index is 12.5. The molecule has 1 heterocycles. The molecule has 0 radical (unpaired) electrons. The van der Waals surface area contributed by atoms with Gasteiger partial charge in [-0.05, 0) is 25.3 Å². The molecule has 1 unspecified atom stereocenters. The molecule has 7 heteroatoms. The van der Waals surface area contributed by atoms with Gasteiger partial charge in [0.05, 0.1) is 11.6 Å². The molecule has 0 aliphatic heterocycles. The molecular formula is C18H24ClN3O3. The maximum absolute atomic E-state index is 12.5. The Morgan fingerprint density at radius 3 is 2.64 bits per heavy atom. The van der Waals surface area contributed by atoms with Crippen LogP contribution < -0.4 is 10.6 Å². The van der Waals surface area contributed by atoms with Gasteiger partial charge in [-0.3, -0.25) is 4.79 Å². The van der Waals surface area contributed by atoms with Gasteiger partial charge in [-0.2, -0.15) is 0 Å². The Morgan fingerprint density at radius 1 is 1.28 bits per heavy atom. The lowest BCUT2D eigenvalue weighted by Gasteiger charge is -2.20. The molecule has 2 aromatic rings. The number of ether oxygens (including phenoxy) is 1. The van der Waals surface area contributed by atoms with Crippen molar-refractivity contribution in [3.8, 4) is 0 Å². The predicted molar refractivity (Wildman–Crippen MR) is 99.0 cm³/mol. The molecule has 136 valence electrons. The summed E-state index contributed by atoms with van der Waals surface area (Å²) in [6.07, 6.45) is 0.241. The first-order valence-electron chi connectivity index (χ1n) is 8.40. The standard InChI is InChI=1S/C18H24ClN3O3/c1-4-25-18(24)21-12(9-11(2)3)10-20-17(23)16-15(19)13-7-5-6-8-14(13)22-16/h5-8,11-12,22H,4,9-10H2,1-3H3,(H,20,23)(H,21,24). The third-order valence-electron chi connectivity index (χ3n) is 3.73. The average Bonchev–Trinajstić information content (AvgIpc) is 2.89. The number of hydrogen-bond acceptors (Lipinski definition) is 3. The molecule has 25 heavy (non-hydrogen) atoms. The highest BCUT2D eigenvalue weighted by Gasteiger charge is 2.19. The summed E-state index contributed by atoms with van der Waals surface area (Å²) in [5.41, 5.74) is 1.13. The van der Waals surface area contributed by atoms with Gasteiger partial charge in [0.1, 0.15) is 5.69 Å². The molecule has 0 saturated heterocycles. The summed E-state index contributed by atoms with van der Waals surface area (Å²) in [6.45, 7) is 6.45. The number of aromatic amines is 1. The lowest BCUT2D eigenvalue weighted by molar-refractivity contribution is 0.0940. The number of benzene rings is 1. The van der Waals surface area contributed by atoms with Crippen LogP contribution in [0.3, 0.4) is 0 Å². The van der Waals surface area contributed by atoms with Crippen LogP contribution >= 0.6 is 11.6 Å². The molecule has 3 N–H and O–H groups in total. The van der Waals surface area contributed by atoms with E-state index in [-0.39, 0.29) is 11.9 Å². The van der Waals surface area contributed by atoms with Gasteiger partial charge in [-0.15, -0.1) is 0 Å². The van der Waals surface area contributed by atoms with Crippen molar-refractivity contribution in [1.82, 2.24) is 15.6 Å². The molecule has 6 nitrogen and oxygen atoms in total. The summed E-state index contributed by atoms with van der Waals surface area (Å²) in [5, 5.41) is 6.81. The van der Waals surface area contributed by atoms with Gasteiger partial charge >= 0.3 is 6.09 Å². The fourth-order valence-corrected chi connectivity index (χ4v) is 2.97. The highest BCUT2D eigenvalue weighted by molar-refractivity contribution is 6.38. The SMILES string of the molecule is CCOC(=O)NC(CNC(=O)c1[nH]c2ccccc2c1Cl)CC(C)C. The summed E-state index contributed by atoms with van der Waals surface area (Å²) >= 11 is 6.30. The lowest BCUT2D eigenvalue weighted by atomic mass is 10.0. The monoisotopic (exact) mass is 365 g/mol. The number of carbonyl (C=O) groups is 2. The molecule has 1 aromatic heterocycles. The van der Waals surface area contributed by atoms with Crippen molar-refractivity contribution in [2.24, 2.45) is 5.92 Å². The second-order valence-corrected chi connectivity index (χ2v) is 6.64. The van der Waals surface area contributed by atoms with Crippen molar-refractivity contribution in [1.29, 1.82) is 0 Å². The molecular weight excluding hydrogens is 342 g/mol. The zero-order chi connectivity index (χ0) is 18.4. The Morgan fingerprint density at radius 2 is 2.00 bits per heavy atom. The van der Waals surface area contributed by atoms with Crippen LogP contribution in [0.5, 0.6) is 0 Å². The van der Waals surface area contributed by atoms with Crippen LogP contribution in [0.4, 0.5) is 4.79 Å². The largest absolute Gasteiger partial charge is 0.450 e. The third-order valence-corrected chi connectivity index (χ3v) is 4.12. The van der Waals surface area contributed by atoms with E-state index in [9.17, 15) is 9.59 Å². The Kier molecular flexibility index (Phi) is 6.70. The molecule has 1 aromatic carbocycles. The molecule has 2 rings (SSSR count). The van der Waals surface area contributed by atoms with Crippen molar-refractivity contribution in [3.05, 3.63) is 35.0 Å². The molecule has 0 aliphatic rings. The van der Waals surface area contributed by atoms with E-state index in [0.717, 1.165) is 17.3 Å². The van der Waals surface area contributed by atoms with Crippen LogP contribution in [0.1, 0.15) is 37.7 Å². The number of para-hydroxylation sites is 1. The van der Waals surface area contributed by atoms with E-state index in [1.807, 2.05) is 24.3 Å². The van der Waals surface area contributed by atoms with Crippen LogP contribution in [-0.4, -0.2) is 36.2 Å². The molecule has 2 amide bonds. The Labute approximate surface area is 152 Å². The van der Waals surface area contributed by atoms with E-state index in [1.165, 1.54) is 0 Å². The van der Waals surface area contributed by atoms with Crippen molar-refractivity contribution < 1.29 is 14.3 Å². The quantitative estimate of drug-likeness (QED) is 0.699. The van der Waals surface area contributed by atoms with Gasteiger partial charge in [-0.25, -0.2) is 4.79 Å². The third kappa shape index (κ3) is 5.13. The van der Waals surface area contributed by atoms with E-state index >= 15 is 0 Å². The Hall–Kier alpha value is -2.21. The topological polar surface area (TPSA) is 83.2 Å². The minimum absolute atomic E-state index is 0.217. The first kappa shape index (κ1) is 19.1. The number of halogens is 1. The number of amides is 2. The zero-order valence-corrected chi connectivity index (χ0v) is 15.4. The summed E-state index contributed by atoms with van der Waals surface area (Å²) in [7, 11) is 0. The number of nitrogens with one attached hydrogen (secondary N) is 3. The van der Waals surface area contributed by atoms with Crippen molar-refractivity contribution in [2.75, 3.05) is 13.2 Å². The number of H-pyrrole nitrogens is 1. The molecule has 1 atom stereocenters. The zero-order valence-electron chi connectivity index (χ0n) is 14.7. The van der Waals surface area contributed by atoms with Gasteiger partial charge in [0.15, 0.2) is 0 Å². The minimum atomic E-state index is -0.481. The highest BCUT2D eigenvalue weighted by Crippen LogP contribution is 2.26. The number of alkyl carbamates (subject to hydrolysis) is 1. The molecule has 0 saturated carbocycles. The summed E-state index contributed by atoms with van der Waals surface area (Å²) in [4.78, 5) is 27.1. The molecule has 0 bridgehead atoms. The summed E-state index contributed by atoms with van der Waals surface area (Å²) in [5.74, 6) is 0.0566. The number of fused-ring (bicyclic) bond motifs is 1. The predicted octanol–water partition coefficient (Wildman–Crippen LogP) is 3.71. The average molecular weight is 366 g/mol. The lowest BCUT2D eigenvalue weighted by Crippen LogP contribution is -2.44. The van der Waals surface area contributed by atoms with Gasteiger partial charge in [0.25, 0.3) is 5.91 Å². The summed E-state index contributed by atoms with van der Waals surface area (Å²) in [6, 6.07) is 7.24. The second kappa shape index (κ2) is 8.76. The van der Waals surface area contributed by atoms with Crippen LogP contribution in [0, 0.1) is 5.92 Å². The minimum Gasteiger partial charge on any atom is -0.450 e. The van der Waals surface area contributed by atoms with E-state index in [2.05, 4.69) is 29.5 Å². The molecule has 0 aliphatic carbocycles. The second-order valence-electron chi connectivity index (χ2n) is 6.26. The first-order chi connectivity index (χ1) is 11.9. The van der Waals surface area contributed by atoms with Crippen molar-refractivity contribution in [2.45, 2.75) is 33.2 Å². The number of carbonyl (C=O) groups excluding carboxylic acids is 2. The van der Waals surface area contributed by atoms with Crippen molar-refractivity contribution >= 4 is 34.5 Å². The van der Waals surface area contributed by atoms with E-state index < -0.39 is 6.09 Å². The number of rotatable bonds is 7. The van der Waals surface area contributed by atoms with E-state index in [4.69, 9.17) is 16.3 Å². The molecule has 0 spiro atoms. The maximum Gasteiger partial charge on any atom is 0.407 e. The number of aromatic nitrogens is 1. The highest BCUT2D eigenvalue weighted by atomic mass is 35.5. The Balaban J connectivity index is 2.03. The van der Waals surface area contributed by atoms with Gasteiger partial charge in [0.2, 0.25) is 0 Å². The van der Waals surface area contributed by atoms with Crippen molar-refractivity contribution in [3.63, 3.8) is 0 Å². The van der Waals surface area contributed by atoms with Gasteiger partial charge < -0.3 is 20.4 Å². The van der Waals surface area contributed by atoms with Crippen LogP contribution in [0.25, 0.3) is 10.9 Å². The fourth-order valence-electron chi connectivity index (χ4n) is 2.67. The Bertz CT molecular complexity index is 742. The van der Waals surface area contributed by atoms with Gasteiger partial charge in [-0.1, -0.05) is 43.6 Å². The van der Waals surface area contributed by atoms with Crippen LogP contribution in [0.15, 0.2) is 24.3 Å². The van der Waals surface area contributed by atoms with Crippen LogP contribution in [-0.2, 0) is 4.74 Å². The fraction of sp³-hybridized carbons (Fsp3) is 0.444. The normalized spacial score (nSPS) is 12.2. The first-order valence-corrected chi connectivity index (χ1v) is 8.77. The van der Waals surface area contributed by atoms with Crippen LogP contribution in [0.2, 0.25) is 5.02 Å². The molecule has 0 fully saturated rings. The smallest absolute Gasteiger partial charge is 0.407 e.